The van der Waals surface area contributed by atoms with Crippen LogP contribution in [0.1, 0.15) is 77.7 Å². The minimum atomic E-state index is -0.598. The van der Waals surface area contributed by atoms with E-state index in [1.165, 1.54) is 0 Å². The number of piperidine rings is 4. The zero-order valence-electron chi connectivity index (χ0n) is 28.4. The van der Waals surface area contributed by atoms with Crippen molar-refractivity contribution >= 4 is 29.8 Å². The highest BCUT2D eigenvalue weighted by molar-refractivity contribution is 5.85. The molecule has 4 atom stereocenters. The number of amides is 4. The summed E-state index contributed by atoms with van der Waals surface area (Å²) in [4.78, 5) is 73.6. The van der Waals surface area contributed by atoms with Gasteiger partial charge in [0.2, 0.25) is 17.7 Å². The highest BCUT2D eigenvalue weighted by Crippen LogP contribution is 2.28. The lowest BCUT2D eigenvalue weighted by atomic mass is 9.90. The second kappa shape index (κ2) is 15.5. The smallest absolute Gasteiger partial charge is 0.410 e. The number of nitrogens with zero attached hydrogens (tertiary/aromatic N) is 4. The van der Waals surface area contributed by atoms with E-state index >= 15 is 0 Å². The van der Waals surface area contributed by atoms with Crippen molar-refractivity contribution in [3.8, 4) is 0 Å². The number of esters is 1. The summed E-state index contributed by atoms with van der Waals surface area (Å²) in [6.45, 7) is 9.54. The maximum atomic E-state index is 13.8. The molecule has 0 N–H and O–H groups in total. The van der Waals surface area contributed by atoms with E-state index in [4.69, 9.17) is 9.47 Å². The van der Waals surface area contributed by atoms with Crippen molar-refractivity contribution in [2.45, 2.75) is 84.3 Å². The van der Waals surface area contributed by atoms with Gasteiger partial charge in [0.15, 0.2) is 0 Å². The summed E-state index contributed by atoms with van der Waals surface area (Å²) in [7, 11) is 0. The Morgan fingerprint density at radius 3 is 1.49 bits per heavy atom. The standard InChI is InChI=1S/C36H52N4O7/c1-36(2,3)47-35(45)40-20-9-15-29(23-40)33(43)38-18-7-13-27(21-38)31(41)37-17-8-14-28(22-37)32(42)39-19-10-16-30(24-39)34(44)46-25-26-11-5-4-6-12-26/h4-6,11-12,27-30H,7-10,13-25H2,1-3H3. The minimum absolute atomic E-state index is 0.00408. The van der Waals surface area contributed by atoms with Crippen molar-refractivity contribution in [1.82, 2.24) is 19.6 Å². The molecule has 5 rings (SSSR count). The van der Waals surface area contributed by atoms with Crippen LogP contribution in [-0.4, -0.2) is 107 Å². The first-order valence-electron chi connectivity index (χ1n) is 17.5. The first-order valence-corrected chi connectivity index (χ1v) is 17.5. The summed E-state index contributed by atoms with van der Waals surface area (Å²) in [6, 6.07) is 9.57. The second-order valence-electron chi connectivity index (χ2n) is 14.7. The zero-order valence-corrected chi connectivity index (χ0v) is 28.4. The van der Waals surface area contributed by atoms with Crippen LogP contribution in [0.3, 0.4) is 0 Å². The monoisotopic (exact) mass is 652 g/mol. The molecule has 47 heavy (non-hydrogen) atoms. The van der Waals surface area contributed by atoms with Crippen LogP contribution in [0.25, 0.3) is 0 Å². The Labute approximate surface area is 278 Å². The van der Waals surface area contributed by atoms with Gasteiger partial charge in [0.05, 0.1) is 23.7 Å². The molecule has 258 valence electrons. The van der Waals surface area contributed by atoms with E-state index in [2.05, 4.69) is 0 Å². The van der Waals surface area contributed by atoms with Crippen molar-refractivity contribution < 1.29 is 33.4 Å². The highest BCUT2D eigenvalue weighted by atomic mass is 16.6. The number of hydrogen-bond acceptors (Lipinski definition) is 7. The zero-order chi connectivity index (χ0) is 33.6. The molecule has 1 aromatic rings. The van der Waals surface area contributed by atoms with Gasteiger partial charge in [-0.15, -0.1) is 0 Å². The molecule has 0 aromatic heterocycles. The third kappa shape index (κ3) is 9.26. The van der Waals surface area contributed by atoms with Crippen LogP contribution in [0.2, 0.25) is 0 Å². The van der Waals surface area contributed by atoms with Gasteiger partial charge in [0.1, 0.15) is 12.2 Å². The molecular weight excluding hydrogens is 600 g/mol. The number of hydrogen-bond donors (Lipinski definition) is 0. The molecule has 4 amide bonds. The number of carbonyl (C=O) groups excluding carboxylic acids is 5. The first-order chi connectivity index (χ1) is 22.5. The lowest BCUT2D eigenvalue weighted by molar-refractivity contribution is -0.154. The molecule has 4 unspecified atom stereocenters. The summed E-state index contributed by atoms with van der Waals surface area (Å²) in [5.74, 6) is -1.48. The maximum Gasteiger partial charge on any atom is 0.410 e. The molecule has 4 fully saturated rings. The van der Waals surface area contributed by atoms with Gasteiger partial charge in [0.25, 0.3) is 0 Å². The van der Waals surface area contributed by atoms with Gasteiger partial charge in [-0.3, -0.25) is 19.2 Å². The quantitative estimate of drug-likeness (QED) is 0.425. The van der Waals surface area contributed by atoms with Crippen LogP contribution in [0.15, 0.2) is 30.3 Å². The van der Waals surface area contributed by atoms with Crippen molar-refractivity contribution in [3.63, 3.8) is 0 Å². The largest absolute Gasteiger partial charge is 0.461 e. The predicted octanol–water partition coefficient (Wildman–Crippen LogP) is 4.09. The molecule has 0 bridgehead atoms. The Kier molecular flexibility index (Phi) is 11.5. The number of carbonyl (C=O) groups is 5. The van der Waals surface area contributed by atoms with E-state index in [9.17, 15) is 24.0 Å². The van der Waals surface area contributed by atoms with Crippen LogP contribution in [0.4, 0.5) is 4.79 Å². The van der Waals surface area contributed by atoms with Crippen LogP contribution >= 0.6 is 0 Å². The van der Waals surface area contributed by atoms with E-state index < -0.39 is 5.60 Å². The van der Waals surface area contributed by atoms with Crippen LogP contribution < -0.4 is 0 Å². The molecule has 4 saturated heterocycles. The van der Waals surface area contributed by atoms with Gasteiger partial charge in [-0.25, -0.2) is 4.79 Å². The Morgan fingerprint density at radius 1 is 0.617 bits per heavy atom. The normalized spacial score (nSPS) is 25.6. The Hall–Kier alpha value is -3.63. The number of ether oxygens (including phenoxy) is 2. The summed E-state index contributed by atoms with van der Waals surface area (Å²) in [6.07, 6.45) is 5.43. The fraction of sp³-hybridized carbons (Fsp3) is 0.694. The lowest BCUT2D eigenvalue weighted by Gasteiger charge is -2.41. The summed E-state index contributed by atoms with van der Waals surface area (Å²) in [5.41, 5.74) is 0.334. The van der Waals surface area contributed by atoms with Crippen LogP contribution in [0.5, 0.6) is 0 Å². The highest BCUT2D eigenvalue weighted by Gasteiger charge is 2.40. The first kappa shape index (κ1) is 34.7. The van der Waals surface area contributed by atoms with Crippen molar-refractivity contribution in [2.75, 3.05) is 52.4 Å². The van der Waals surface area contributed by atoms with Crippen LogP contribution in [0, 0.1) is 23.7 Å². The summed E-state index contributed by atoms with van der Waals surface area (Å²) >= 11 is 0. The average molecular weight is 653 g/mol. The van der Waals surface area contributed by atoms with Gasteiger partial charge in [-0.2, -0.15) is 0 Å². The summed E-state index contributed by atoms with van der Waals surface area (Å²) in [5, 5.41) is 0. The molecule has 11 heteroatoms. The Morgan fingerprint density at radius 2 is 1.02 bits per heavy atom. The van der Waals surface area contributed by atoms with Gasteiger partial charge in [-0.1, -0.05) is 30.3 Å². The molecular formula is C36H52N4O7. The van der Waals surface area contributed by atoms with Crippen molar-refractivity contribution in [1.29, 1.82) is 0 Å². The fourth-order valence-electron chi connectivity index (χ4n) is 7.42. The third-order valence-corrected chi connectivity index (χ3v) is 9.88. The molecule has 0 saturated carbocycles. The maximum absolute atomic E-state index is 13.8. The van der Waals surface area contributed by atoms with Crippen molar-refractivity contribution in [3.05, 3.63) is 35.9 Å². The van der Waals surface area contributed by atoms with E-state index in [1.807, 2.05) is 60.9 Å². The van der Waals surface area contributed by atoms with Gasteiger partial charge in [-0.05, 0) is 77.7 Å². The molecule has 11 nitrogen and oxygen atoms in total. The third-order valence-electron chi connectivity index (χ3n) is 9.88. The molecule has 4 aliphatic rings. The molecule has 0 spiro atoms. The number of benzene rings is 1. The topological polar surface area (TPSA) is 117 Å². The number of likely N-dealkylation sites (tertiary alicyclic amines) is 4. The second-order valence-corrected chi connectivity index (χ2v) is 14.7. The molecule has 0 radical (unpaired) electrons. The molecule has 4 aliphatic heterocycles. The molecule has 4 heterocycles. The van der Waals surface area contributed by atoms with Crippen LogP contribution in [-0.2, 0) is 35.3 Å². The van der Waals surface area contributed by atoms with Gasteiger partial charge >= 0.3 is 12.1 Å². The predicted molar refractivity (Wildman–Crippen MR) is 175 cm³/mol. The summed E-state index contributed by atoms with van der Waals surface area (Å²) < 4.78 is 11.1. The van der Waals surface area contributed by atoms with E-state index in [1.54, 1.807) is 9.80 Å². The average Bonchev–Trinajstić information content (AvgIpc) is 3.09. The fourth-order valence-corrected chi connectivity index (χ4v) is 7.42. The van der Waals surface area contributed by atoms with Gasteiger partial charge in [0, 0.05) is 52.4 Å². The molecule has 0 aliphatic carbocycles. The SMILES string of the molecule is CC(C)(C)OC(=O)N1CCCC(C(=O)N2CCCC(C(=O)N3CCCC(C(=O)N4CCCC(C(=O)OCc5ccccc5)C4)C3)C2)C1. The Balaban J connectivity index is 1.11. The van der Waals surface area contributed by atoms with E-state index in [-0.39, 0.29) is 60.1 Å². The molecule has 1 aromatic carbocycles. The van der Waals surface area contributed by atoms with E-state index in [0.29, 0.717) is 78.0 Å². The van der Waals surface area contributed by atoms with Gasteiger partial charge < -0.3 is 29.1 Å². The lowest BCUT2D eigenvalue weighted by Crippen LogP contribution is -2.54. The van der Waals surface area contributed by atoms with Crippen molar-refractivity contribution in [2.24, 2.45) is 23.7 Å². The van der Waals surface area contributed by atoms with E-state index in [0.717, 1.165) is 31.2 Å². The number of rotatable bonds is 6. The minimum Gasteiger partial charge on any atom is -0.461 e. The Bertz CT molecular complexity index is 1280.